The quantitative estimate of drug-likeness (QED) is 0.631. The molecule has 2 N–H and O–H groups in total. The summed E-state index contributed by atoms with van der Waals surface area (Å²) in [6, 6.07) is 5.53. The number of nitrogens with zero attached hydrogens (tertiary/aromatic N) is 3. The van der Waals surface area contributed by atoms with Crippen molar-refractivity contribution in [3.8, 4) is 22.6 Å². The lowest BCUT2D eigenvalue weighted by molar-refractivity contribution is -0.142. The van der Waals surface area contributed by atoms with Gasteiger partial charge in [0, 0.05) is 36.2 Å². The molecule has 0 radical (unpaired) electrons. The van der Waals surface area contributed by atoms with Crippen molar-refractivity contribution in [1.82, 2.24) is 4.98 Å². The summed E-state index contributed by atoms with van der Waals surface area (Å²) in [4.78, 5) is 25.2. The van der Waals surface area contributed by atoms with Gasteiger partial charge < -0.3 is 19.9 Å². The maximum Gasteiger partial charge on any atom is 0.314 e. The minimum atomic E-state index is -0.609. The maximum atomic E-state index is 12.2. The molecule has 4 rings (SSSR count). The number of hydrogen-bond donors (Lipinski definition) is 1. The van der Waals surface area contributed by atoms with Crippen LogP contribution in [0.1, 0.15) is 35.7 Å². The van der Waals surface area contributed by atoms with Crippen LogP contribution in [0, 0.1) is 0 Å². The second kappa shape index (κ2) is 6.95. The van der Waals surface area contributed by atoms with E-state index in [-0.39, 0.29) is 12.8 Å². The Labute approximate surface area is 162 Å². The predicted octanol–water partition coefficient (Wildman–Crippen LogP) is 2.51. The van der Waals surface area contributed by atoms with E-state index in [9.17, 15) is 4.79 Å². The lowest BCUT2D eigenvalue weighted by Crippen LogP contribution is -2.17. The number of fused-ring (bicyclic) bond motifs is 1. The van der Waals surface area contributed by atoms with Gasteiger partial charge in [-0.1, -0.05) is 6.07 Å². The van der Waals surface area contributed by atoms with Gasteiger partial charge in [-0.3, -0.25) is 14.8 Å². The summed E-state index contributed by atoms with van der Waals surface area (Å²) in [5.74, 6) is 0.655. The van der Waals surface area contributed by atoms with Gasteiger partial charge >= 0.3 is 5.97 Å². The number of benzene rings is 1. The second-order valence-corrected chi connectivity index (χ2v) is 6.53. The summed E-state index contributed by atoms with van der Waals surface area (Å²) in [6.45, 7) is 1.92. The van der Waals surface area contributed by atoms with Crippen molar-refractivity contribution < 1.29 is 19.0 Å². The molecule has 0 spiro atoms. The molecule has 28 heavy (non-hydrogen) atoms. The molecular weight excluding hydrogens is 360 g/mol. The van der Waals surface area contributed by atoms with Crippen LogP contribution < -0.4 is 15.2 Å². The average molecular weight is 380 g/mol. The van der Waals surface area contributed by atoms with Crippen LogP contribution in [0.2, 0.25) is 0 Å². The van der Waals surface area contributed by atoms with Gasteiger partial charge in [-0.05, 0) is 24.6 Å². The monoisotopic (exact) mass is 380 g/mol. The molecule has 2 aliphatic heterocycles. The number of nitrogens with two attached hydrogens (primary N) is 1. The SMILES string of the molecule is CN=Cc1c(C(C)C(=O)OC)nc(N)c(C2C=N2)c1-c1ccc2c(c1)OCO2. The zero-order valence-electron chi connectivity index (χ0n) is 15.8. The normalized spacial score (nSPS) is 17.8. The van der Waals surface area contributed by atoms with E-state index in [0.717, 1.165) is 16.7 Å². The summed E-state index contributed by atoms with van der Waals surface area (Å²) in [5, 5.41) is 0. The third-order valence-electron chi connectivity index (χ3n) is 4.81. The number of carbonyl (C=O) groups is 1. The van der Waals surface area contributed by atoms with Gasteiger partial charge in [0.25, 0.3) is 0 Å². The van der Waals surface area contributed by atoms with E-state index < -0.39 is 11.9 Å². The maximum absolute atomic E-state index is 12.2. The number of anilines is 1. The molecule has 8 nitrogen and oxygen atoms in total. The predicted molar refractivity (Wildman–Crippen MR) is 105 cm³/mol. The first-order valence-electron chi connectivity index (χ1n) is 8.81. The molecule has 0 aliphatic carbocycles. The van der Waals surface area contributed by atoms with E-state index in [2.05, 4.69) is 15.0 Å². The Kier molecular flexibility index (Phi) is 4.46. The summed E-state index contributed by atoms with van der Waals surface area (Å²) in [6.07, 6.45) is 3.49. The Hall–Kier alpha value is -3.42. The first-order valence-corrected chi connectivity index (χ1v) is 8.81. The molecule has 2 aromatic rings. The van der Waals surface area contributed by atoms with Crippen LogP contribution in [0.4, 0.5) is 5.82 Å². The number of carbonyl (C=O) groups excluding carboxylic acids is 1. The van der Waals surface area contributed by atoms with Crippen LogP contribution in [0.25, 0.3) is 11.1 Å². The molecule has 0 saturated heterocycles. The second-order valence-electron chi connectivity index (χ2n) is 6.53. The number of rotatable bonds is 5. The minimum absolute atomic E-state index is 0.139. The molecule has 2 unspecified atom stereocenters. The highest BCUT2D eigenvalue weighted by molar-refractivity contribution is 5.99. The van der Waals surface area contributed by atoms with Crippen LogP contribution in [0.5, 0.6) is 11.5 Å². The smallest absolute Gasteiger partial charge is 0.314 e. The van der Waals surface area contributed by atoms with Gasteiger partial charge in [0.1, 0.15) is 11.9 Å². The van der Waals surface area contributed by atoms with Gasteiger partial charge in [-0.15, -0.1) is 0 Å². The molecule has 0 bridgehead atoms. The number of pyridine rings is 1. The lowest BCUT2D eigenvalue weighted by Gasteiger charge is -2.20. The molecule has 1 aromatic carbocycles. The highest BCUT2D eigenvalue weighted by Crippen LogP contribution is 2.44. The number of nitrogen functional groups attached to an aromatic ring is 1. The van der Waals surface area contributed by atoms with E-state index in [0.29, 0.717) is 28.6 Å². The van der Waals surface area contributed by atoms with Crippen LogP contribution in [-0.4, -0.2) is 44.3 Å². The van der Waals surface area contributed by atoms with Gasteiger partial charge in [-0.25, -0.2) is 4.98 Å². The molecule has 2 aliphatic rings. The van der Waals surface area contributed by atoms with E-state index in [1.807, 2.05) is 18.2 Å². The minimum Gasteiger partial charge on any atom is -0.469 e. The van der Waals surface area contributed by atoms with E-state index >= 15 is 0 Å². The summed E-state index contributed by atoms with van der Waals surface area (Å²) >= 11 is 0. The molecule has 0 fully saturated rings. The van der Waals surface area contributed by atoms with Gasteiger partial charge in [0.05, 0.1) is 18.7 Å². The highest BCUT2D eigenvalue weighted by atomic mass is 16.7. The summed E-state index contributed by atoms with van der Waals surface area (Å²) < 4.78 is 15.9. The first-order chi connectivity index (χ1) is 13.5. The summed E-state index contributed by atoms with van der Waals surface area (Å²) in [7, 11) is 3.01. The Morgan fingerprint density at radius 1 is 1.39 bits per heavy atom. The van der Waals surface area contributed by atoms with Crippen molar-refractivity contribution in [1.29, 1.82) is 0 Å². The van der Waals surface area contributed by atoms with Gasteiger partial charge in [0.15, 0.2) is 11.5 Å². The number of ether oxygens (including phenoxy) is 3. The number of hydrogen-bond acceptors (Lipinski definition) is 8. The van der Waals surface area contributed by atoms with Crippen molar-refractivity contribution in [3.63, 3.8) is 0 Å². The molecule has 144 valence electrons. The van der Waals surface area contributed by atoms with Crippen LogP contribution >= 0.6 is 0 Å². The van der Waals surface area contributed by atoms with Crippen molar-refractivity contribution in [2.75, 3.05) is 26.7 Å². The third-order valence-corrected chi connectivity index (χ3v) is 4.81. The number of esters is 1. The fourth-order valence-electron chi connectivity index (χ4n) is 3.38. The number of aliphatic imine (C=N–C) groups is 2. The molecule has 0 amide bonds. The van der Waals surface area contributed by atoms with E-state index in [4.69, 9.17) is 19.9 Å². The Morgan fingerprint density at radius 2 is 2.14 bits per heavy atom. The van der Waals surface area contributed by atoms with Crippen LogP contribution in [-0.2, 0) is 9.53 Å². The van der Waals surface area contributed by atoms with Crippen molar-refractivity contribution in [2.24, 2.45) is 9.98 Å². The van der Waals surface area contributed by atoms with Crippen molar-refractivity contribution >= 4 is 24.2 Å². The van der Waals surface area contributed by atoms with Crippen LogP contribution in [0.3, 0.4) is 0 Å². The first kappa shape index (κ1) is 18.0. The zero-order chi connectivity index (χ0) is 19.8. The Balaban J connectivity index is 1.99. The van der Waals surface area contributed by atoms with Gasteiger partial charge in [0.2, 0.25) is 6.79 Å². The third kappa shape index (κ3) is 2.96. The standard InChI is InChI=1S/C20H20N4O4/c1-10(20(25)26-3)18-12(7-22-2)16(17(13-8-23-13)19(21)24-18)11-4-5-14-15(6-11)28-9-27-14/h4-8,10,13H,9H2,1-3H3,(H2,21,24). The fourth-order valence-corrected chi connectivity index (χ4v) is 3.38. The van der Waals surface area contributed by atoms with Gasteiger partial charge in [-0.2, -0.15) is 0 Å². The fraction of sp³-hybridized carbons (Fsp3) is 0.300. The molecular formula is C20H20N4O4. The zero-order valence-corrected chi connectivity index (χ0v) is 15.8. The topological polar surface area (TPSA) is 108 Å². The largest absolute Gasteiger partial charge is 0.469 e. The van der Waals surface area contributed by atoms with E-state index in [1.165, 1.54) is 7.11 Å². The van der Waals surface area contributed by atoms with E-state index in [1.54, 1.807) is 26.4 Å². The highest BCUT2D eigenvalue weighted by Gasteiger charge is 2.31. The molecule has 3 heterocycles. The molecule has 8 heteroatoms. The van der Waals surface area contributed by atoms with Crippen molar-refractivity contribution in [2.45, 2.75) is 18.9 Å². The Morgan fingerprint density at radius 3 is 2.82 bits per heavy atom. The number of aromatic nitrogens is 1. The average Bonchev–Trinajstić information content (AvgIpc) is 3.43. The summed E-state index contributed by atoms with van der Waals surface area (Å²) in [5.41, 5.74) is 10.00. The van der Waals surface area contributed by atoms with Crippen LogP contribution in [0.15, 0.2) is 28.2 Å². The lowest BCUT2D eigenvalue weighted by atomic mass is 9.89. The van der Waals surface area contributed by atoms with Crippen molar-refractivity contribution in [3.05, 3.63) is 35.0 Å². The Bertz CT molecular complexity index is 1010. The molecule has 0 saturated carbocycles. The molecule has 2 atom stereocenters. The molecule has 1 aromatic heterocycles. The number of methoxy groups -OCH3 is 1.